The van der Waals surface area contributed by atoms with Gasteiger partial charge in [0.25, 0.3) is 0 Å². The molecule has 2 rings (SSSR count). The van der Waals surface area contributed by atoms with Gasteiger partial charge in [-0.1, -0.05) is 60.7 Å². The van der Waals surface area contributed by atoms with Gasteiger partial charge in [0.05, 0.1) is 18.6 Å². The Hall–Kier alpha value is -2.84. The topological polar surface area (TPSA) is 102 Å². The number of carbonyl (C=O) groups is 1. The molecule has 8 heteroatoms. The van der Waals surface area contributed by atoms with Gasteiger partial charge < -0.3 is 4.74 Å². The first-order valence-corrected chi connectivity index (χ1v) is 10.7. The van der Waals surface area contributed by atoms with E-state index in [4.69, 9.17) is 4.74 Å². The van der Waals surface area contributed by atoms with Crippen molar-refractivity contribution in [2.45, 2.75) is 25.3 Å². The van der Waals surface area contributed by atoms with Crippen molar-refractivity contribution < 1.29 is 17.9 Å². The van der Waals surface area contributed by atoms with E-state index >= 15 is 0 Å². The maximum atomic E-state index is 12.6. The van der Waals surface area contributed by atoms with Gasteiger partial charge in [-0.15, -0.1) is 4.91 Å². The zero-order valence-electron chi connectivity index (χ0n) is 16.4. The first-order valence-electron chi connectivity index (χ1n) is 9.01. The average Bonchev–Trinajstić information content (AvgIpc) is 2.71. The van der Waals surface area contributed by atoms with Crippen LogP contribution in [-0.4, -0.2) is 32.7 Å². The molecule has 2 aromatic carbocycles. The smallest absolute Gasteiger partial charge is 0.307 e. The lowest BCUT2D eigenvalue weighted by Crippen LogP contribution is -2.53. The van der Waals surface area contributed by atoms with Crippen molar-refractivity contribution in [3.63, 3.8) is 0 Å². The SMILES string of the molecule is CO/C(=C\c1ccccc1)CCS(=O)(=O)N[C@@](C)(Cc1ccccc1)C(=O)N=O. The summed E-state index contributed by atoms with van der Waals surface area (Å²) in [5, 5.41) is 2.46. The minimum atomic E-state index is -3.90. The molecule has 2 aromatic rings. The van der Waals surface area contributed by atoms with E-state index in [1.165, 1.54) is 14.0 Å². The first-order chi connectivity index (χ1) is 13.8. The maximum Gasteiger partial charge on any atom is 0.307 e. The van der Waals surface area contributed by atoms with E-state index in [-0.39, 0.29) is 18.6 Å². The number of benzene rings is 2. The number of hydrogen-bond acceptors (Lipinski definition) is 5. The van der Waals surface area contributed by atoms with E-state index in [9.17, 15) is 18.1 Å². The van der Waals surface area contributed by atoms with Crippen molar-refractivity contribution >= 4 is 22.0 Å². The predicted molar refractivity (Wildman–Crippen MR) is 112 cm³/mol. The Bertz CT molecular complexity index is 959. The highest BCUT2D eigenvalue weighted by Gasteiger charge is 2.38. The van der Waals surface area contributed by atoms with Gasteiger partial charge in [0, 0.05) is 18.0 Å². The number of rotatable bonds is 10. The monoisotopic (exact) mass is 416 g/mol. The number of allylic oxidation sites excluding steroid dienone is 1. The third-order valence-electron chi connectivity index (χ3n) is 4.34. The zero-order chi connectivity index (χ0) is 21.3. The molecule has 7 nitrogen and oxygen atoms in total. The highest BCUT2D eigenvalue weighted by molar-refractivity contribution is 7.89. The Morgan fingerprint density at radius 3 is 2.24 bits per heavy atom. The average molecular weight is 416 g/mol. The molecule has 0 saturated heterocycles. The second-order valence-corrected chi connectivity index (χ2v) is 8.63. The van der Waals surface area contributed by atoms with Crippen LogP contribution in [0.15, 0.2) is 71.6 Å². The van der Waals surface area contributed by atoms with Crippen LogP contribution in [0.5, 0.6) is 0 Å². The van der Waals surface area contributed by atoms with E-state index in [1.807, 2.05) is 30.3 Å². The van der Waals surface area contributed by atoms with Gasteiger partial charge in [0.15, 0.2) is 0 Å². The lowest BCUT2D eigenvalue weighted by atomic mass is 9.93. The van der Waals surface area contributed by atoms with Crippen LogP contribution in [-0.2, 0) is 26.0 Å². The summed E-state index contributed by atoms with van der Waals surface area (Å²) in [5.74, 6) is -0.904. The minimum Gasteiger partial charge on any atom is -0.501 e. The molecule has 29 heavy (non-hydrogen) atoms. The van der Waals surface area contributed by atoms with Crippen LogP contribution in [0.4, 0.5) is 0 Å². The van der Waals surface area contributed by atoms with Crippen molar-refractivity contribution in [1.29, 1.82) is 0 Å². The Morgan fingerprint density at radius 1 is 1.10 bits per heavy atom. The van der Waals surface area contributed by atoms with Gasteiger partial charge in [-0.25, -0.2) is 8.42 Å². The van der Waals surface area contributed by atoms with Crippen molar-refractivity contribution in [3.05, 3.63) is 82.5 Å². The summed E-state index contributed by atoms with van der Waals surface area (Å²) in [4.78, 5) is 23.0. The van der Waals surface area contributed by atoms with Gasteiger partial charge in [0.1, 0.15) is 5.54 Å². The quantitative estimate of drug-likeness (QED) is 0.473. The van der Waals surface area contributed by atoms with E-state index < -0.39 is 21.5 Å². The summed E-state index contributed by atoms with van der Waals surface area (Å²) < 4.78 is 32.9. The van der Waals surface area contributed by atoms with E-state index in [0.717, 1.165) is 5.56 Å². The molecule has 0 aliphatic rings. The summed E-state index contributed by atoms with van der Waals surface area (Å²) in [7, 11) is -2.44. The maximum absolute atomic E-state index is 12.6. The predicted octanol–water partition coefficient (Wildman–Crippen LogP) is 3.28. The summed E-state index contributed by atoms with van der Waals surface area (Å²) in [6.07, 6.45) is 1.86. The summed E-state index contributed by atoms with van der Waals surface area (Å²) in [6, 6.07) is 18.2. The van der Waals surface area contributed by atoms with Gasteiger partial charge in [0.2, 0.25) is 10.0 Å². The minimum absolute atomic E-state index is 0.00856. The fraction of sp³-hybridized carbons (Fsp3) is 0.286. The van der Waals surface area contributed by atoms with Crippen LogP contribution in [0.25, 0.3) is 6.08 Å². The van der Waals surface area contributed by atoms with Crippen molar-refractivity contribution in [2.24, 2.45) is 5.18 Å². The number of nitrogens with zero attached hydrogens (tertiary/aromatic N) is 1. The molecular weight excluding hydrogens is 392 g/mol. The molecule has 0 spiro atoms. The van der Waals surface area contributed by atoms with Gasteiger partial charge in [-0.3, -0.25) is 4.79 Å². The molecular formula is C21H24N2O5S. The third kappa shape index (κ3) is 6.92. The lowest BCUT2D eigenvalue weighted by Gasteiger charge is -2.26. The Labute approximate surface area is 170 Å². The fourth-order valence-electron chi connectivity index (χ4n) is 2.86. The van der Waals surface area contributed by atoms with E-state index in [1.54, 1.807) is 36.4 Å². The molecule has 0 fully saturated rings. The van der Waals surface area contributed by atoms with Crippen molar-refractivity contribution in [1.82, 2.24) is 4.72 Å². The zero-order valence-corrected chi connectivity index (χ0v) is 17.2. The molecule has 0 aliphatic heterocycles. The lowest BCUT2D eigenvalue weighted by molar-refractivity contribution is -0.123. The Balaban J connectivity index is 2.14. The standard InChI is InChI=1S/C21H24N2O5S/c1-21(20(24)22-25,16-18-11-7-4-8-12-18)23-29(26,27)14-13-19(28-2)15-17-9-5-3-6-10-17/h3-12,15,23H,13-14,16H2,1-2H3/b19-15-/t21-/m0/s1. The normalized spacial score (nSPS) is 14.1. The number of methoxy groups -OCH3 is 1. The second-order valence-electron chi connectivity index (χ2n) is 6.79. The molecule has 0 aromatic heterocycles. The Kier molecular flexibility index (Phi) is 7.81. The van der Waals surface area contributed by atoms with Crippen LogP contribution >= 0.6 is 0 Å². The molecule has 1 N–H and O–H groups in total. The fourth-order valence-corrected chi connectivity index (χ4v) is 4.28. The highest BCUT2D eigenvalue weighted by atomic mass is 32.2. The molecule has 0 aliphatic carbocycles. The van der Waals surface area contributed by atoms with Gasteiger partial charge in [-0.2, -0.15) is 4.72 Å². The number of hydrogen-bond donors (Lipinski definition) is 1. The van der Waals surface area contributed by atoms with Crippen LogP contribution in [0.3, 0.4) is 0 Å². The van der Waals surface area contributed by atoms with Crippen molar-refractivity contribution in [2.75, 3.05) is 12.9 Å². The molecule has 0 radical (unpaired) electrons. The van der Waals surface area contributed by atoms with Crippen LogP contribution in [0, 0.1) is 4.91 Å². The third-order valence-corrected chi connectivity index (χ3v) is 5.85. The van der Waals surface area contributed by atoms with Gasteiger partial charge in [-0.05, 0) is 24.1 Å². The number of nitroso groups, excluding NO2 is 1. The number of ether oxygens (including phenoxy) is 1. The summed E-state index contributed by atoms with van der Waals surface area (Å²) in [6.45, 7) is 1.36. The first kappa shape index (κ1) is 22.4. The second kappa shape index (κ2) is 10.1. The molecule has 1 amide bonds. The molecule has 0 unspecified atom stereocenters. The molecule has 1 atom stereocenters. The summed E-state index contributed by atoms with van der Waals surface area (Å²) >= 11 is 0. The van der Waals surface area contributed by atoms with Crippen LogP contribution < -0.4 is 4.72 Å². The van der Waals surface area contributed by atoms with E-state index in [0.29, 0.717) is 11.3 Å². The highest BCUT2D eigenvalue weighted by Crippen LogP contribution is 2.18. The largest absolute Gasteiger partial charge is 0.501 e. The van der Waals surface area contributed by atoms with Crippen LogP contribution in [0.2, 0.25) is 0 Å². The number of nitrogens with one attached hydrogen (secondary N) is 1. The summed E-state index contributed by atoms with van der Waals surface area (Å²) in [5.41, 5.74) is -0.0848. The Morgan fingerprint density at radius 2 is 1.69 bits per heavy atom. The van der Waals surface area contributed by atoms with Crippen LogP contribution in [0.1, 0.15) is 24.5 Å². The number of amides is 1. The molecule has 0 heterocycles. The van der Waals surface area contributed by atoms with Crippen molar-refractivity contribution in [3.8, 4) is 0 Å². The van der Waals surface area contributed by atoms with Gasteiger partial charge >= 0.3 is 5.91 Å². The molecule has 0 bridgehead atoms. The molecule has 154 valence electrons. The van der Waals surface area contributed by atoms with E-state index in [2.05, 4.69) is 9.90 Å². The number of sulfonamides is 1. The number of carbonyl (C=O) groups excluding carboxylic acids is 1. The molecule has 0 saturated carbocycles.